The Morgan fingerprint density at radius 2 is 2.04 bits per heavy atom. The molecule has 1 aliphatic heterocycles. The van der Waals surface area contributed by atoms with Crippen LogP contribution in [0.2, 0.25) is 0 Å². The number of hydrogen-bond acceptors (Lipinski definition) is 6. The molecule has 3 aromatic rings. The fourth-order valence-electron chi connectivity index (χ4n) is 3.45. The summed E-state index contributed by atoms with van der Waals surface area (Å²) in [5.74, 6) is 0.796. The van der Waals surface area contributed by atoms with Crippen LogP contribution in [0.4, 0.5) is 5.82 Å². The van der Waals surface area contributed by atoms with E-state index in [4.69, 9.17) is 0 Å². The number of carbonyl (C=O) groups excluding carboxylic acids is 1. The molecule has 4 heterocycles. The topological polar surface area (TPSA) is 95.7 Å². The van der Waals surface area contributed by atoms with Gasteiger partial charge in [0.2, 0.25) is 0 Å². The zero-order valence-corrected chi connectivity index (χ0v) is 16.2. The maximum atomic E-state index is 12.8. The molecule has 2 atom stereocenters. The summed E-state index contributed by atoms with van der Waals surface area (Å²) < 4.78 is 1.86. The van der Waals surface area contributed by atoms with Crippen LogP contribution in [0.3, 0.4) is 0 Å². The lowest BCUT2D eigenvalue weighted by Gasteiger charge is -2.17. The minimum atomic E-state index is -0.687. The number of aryl methyl sites for hydroxylation is 1. The SMILES string of the molecule is Cc1ccc(N2C[C@@H](O)[C@H](NC(=O)c3ncn4cc(C(C)C)ccc34)C2)nn1. The number of fused-ring (bicyclic) bond motifs is 1. The Balaban J connectivity index is 1.49. The number of imidazole rings is 1. The summed E-state index contributed by atoms with van der Waals surface area (Å²) >= 11 is 0. The molecule has 8 heteroatoms. The number of aliphatic hydroxyl groups is 1. The highest BCUT2D eigenvalue weighted by atomic mass is 16.3. The molecule has 1 amide bonds. The molecule has 28 heavy (non-hydrogen) atoms. The van der Waals surface area contributed by atoms with Gasteiger partial charge in [-0.2, -0.15) is 5.10 Å². The Bertz CT molecular complexity index is 998. The molecular weight excluding hydrogens is 356 g/mol. The van der Waals surface area contributed by atoms with Gasteiger partial charge in [0, 0.05) is 19.3 Å². The normalized spacial score (nSPS) is 19.5. The second kappa shape index (κ2) is 7.20. The molecule has 0 bridgehead atoms. The number of nitrogens with one attached hydrogen (secondary N) is 1. The highest BCUT2D eigenvalue weighted by molar-refractivity contribution is 5.99. The molecule has 0 radical (unpaired) electrons. The van der Waals surface area contributed by atoms with Crippen LogP contribution in [-0.2, 0) is 0 Å². The van der Waals surface area contributed by atoms with Crippen molar-refractivity contribution < 1.29 is 9.90 Å². The summed E-state index contributed by atoms with van der Waals surface area (Å²) in [5.41, 5.74) is 3.12. The first-order chi connectivity index (χ1) is 13.4. The maximum Gasteiger partial charge on any atom is 0.272 e. The fraction of sp³-hybridized carbons (Fsp3) is 0.400. The van der Waals surface area contributed by atoms with Gasteiger partial charge in [-0.3, -0.25) is 4.79 Å². The van der Waals surface area contributed by atoms with Crippen LogP contribution in [0.5, 0.6) is 0 Å². The van der Waals surface area contributed by atoms with Gasteiger partial charge in [0.1, 0.15) is 6.33 Å². The van der Waals surface area contributed by atoms with Gasteiger partial charge < -0.3 is 19.7 Å². The minimum Gasteiger partial charge on any atom is -0.389 e. The van der Waals surface area contributed by atoms with Gasteiger partial charge in [-0.05, 0) is 36.6 Å². The first kappa shape index (κ1) is 18.4. The van der Waals surface area contributed by atoms with Crippen LogP contribution < -0.4 is 10.2 Å². The molecule has 4 rings (SSSR count). The summed E-state index contributed by atoms with van der Waals surface area (Å²) in [4.78, 5) is 19.0. The molecule has 2 N–H and O–H groups in total. The van der Waals surface area contributed by atoms with E-state index in [2.05, 4.69) is 34.3 Å². The van der Waals surface area contributed by atoms with Gasteiger partial charge in [0.25, 0.3) is 5.91 Å². The summed E-state index contributed by atoms with van der Waals surface area (Å²) in [6, 6.07) is 7.27. The Labute approximate surface area is 163 Å². The van der Waals surface area contributed by atoms with Gasteiger partial charge in [-0.25, -0.2) is 4.98 Å². The quantitative estimate of drug-likeness (QED) is 0.713. The average Bonchev–Trinajstić information content (AvgIpc) is 3.25. The molecule has 8 nitrogen and oxygen atoms in total. The van der Waals surface area contributed by atoms with E-state index in [9.17, 15) is 9.90 Å². The van der Waals surface area contributed by atoms with E-state index >= 15 is 0 Å². The largest absolute Gasteiger partial charge is 0.389 e. The van der Waals surface area contributed by atoms with Crippen molar-refractivity contribution in [1.29, 1.82) is 0 Å². The molecule has 0 spiro atoms. The van der Waals surface area contributed by atoms with Gasteiger partial charge in [0.05, 0.1) is 23.4 Å². The predicted molar refractivity (Wildman–Crippen MR) is 106 cm³/mol. The van der Waals surface area contributed by atoms with Crippen molar-refractivity contribution in [2.45, 2.75) is 38.8 Å². The minimum absolute atomic E-state index is 0.291. The van der Waals surface area contributed by atoms with Crippen LogP contribution in [0.15, 0.2) is 36.8 Å². The number of amides is 1. The van der Waals surface area contributed by atoms with Crippen molar-refractivity contribution in [1.82, 2.24) is 24.9 Å². The highest BCUT2D eigenvalue weighted by Gasteiger charge is 2.34. The van der Waals surface area contributed by atoms with Gasteiger partial charge in [-0.15, -0.1) is 5.10 Å². The van der Waals surface area contributed by atoms with E-state index in [1.54, 1.807) is 6.33 Å². The van der Waals surface area contributed by atoms with Crippen molar-refractivity contribution in [3.63, 3.8) is 0 Å². The van der Waals surface area contributed by atoms with Crippen molar-refractivity contribution in [3.05, 3.63) is 53.7 Å². The van der Waals surface area contributed by atoms with E-state index < -0.39 is 12.1 Å². The number of aromatic nitrogens is 4. The summed E-state index contributed by atoms with van der Waals surface area (Å²) in [5, 5.41) is 21.5. The lowest BCUT2D eigenvalue weighted by molar-refractivity contribution is 0.0886. The van der Waals surface area contributed by atoms with Crippen LogP contribution in [0, 0.1) is 6.92 Å². The standard InChI is InChI=1S/C20H24N6O2/c1-12(2)14-5-6-16-19(21-11-26(16)8-14)20(28)22-15-9-25(10-17(15)27)18-7-4-13(3)23-24-18/h4-8,11-12,15,17,27H,9-10H2,1-3H3,(H,22,28)/t15-,17-/m1/s1. The van der Waals surface area contributed by atoms with E-state index in [0.29, 0.717) is 30.5 Å². The van der Waals surface area contributed by atoms with Crippen molar-refractivity contribution in [3.8, 4) is 0 Å². The number of aliphatic hydroxyl groups excluding tert-OH is 1. The first-order valence-electron chi connectivity index (χ1n) is 9.43. The molecule has 1 aliphatic rings. The number of hydrogen-bond donors (Lipinski definition) is 2. The van der Waals surface area contributed by atoms with Crippen LogP contribution >= 0.6 is 0 Å². The van der Waals surface area contributed by atoms with E-state index in [1.807, 2.05) is 46.7 Å². The molecule has 3 aromatic heterocycles. The highest BCUT2D eigenvalue weighted by Crippen LogP contribution is 2.20. The number of β-amino-alcohol motifs (C(OH)–C–C–N with tert-alkyl or cyclic N) is 1. The number of anilines is 1. The van der Waals surface area contributed by atoms with E-state index in [-0.39, 0.29) is 5.91 Å². The lowest BCUT2D eigenvalue weighted by Crippen LogP contribution is -2.43. The third-order valence-electron chi connectivity index (χ3n) is 5.15. The summed E-state index contributed by atoms with van der Waals surface area (Å²) in [6.07, 6.45) is 2.95. The average molecular weight is 380 g/mol. The Morgan fingerprint density at radius 3 is 2.75 bits per heavy atom. The van der Waals surface area contributed by atoms with Crippen molar-refractivity contribution in [2.75, 3.05) is 18.0 Å². The van der Waals surface area contributed by atoms with E-state index in [0.717, 1.165) is 11.2 Å². The molecule has 1 fully saturated rings. The zero-order chi connectivity index (χ0) is 19.8. The smallest absolute Gasteiger partial charge is 0.272 e. The first-order valence-corrected chi connectivity index (χ1v) is 9.43. The third-order valence-corrected chi connectivity index (χ3v) is 5.15. The van der Waals surface area contributed by atoms with Crippen molar-refractivity contribution in [2.24, 2.45) is 0 Å². The molecule has 146 valence electrons. The number of rotatable bonds is 4. The van der Waals surface area contributed by atoms with Gasteiger partial charge in [0.15, 0.2) is 11.5 Å². The maximum absolute atomic E-state index is 12.8. The van der Waals surface area contributed by atoms with Crippen molar-refractivity contribution >= 4 is 17.2 Å². The number of nitrogens with zero attached hydrogens (tertiary/aromatic N) is 5. The monoisotopic (exact) mass is 380 g/mol. The van der Waals surface area contributed by atoms with Crippen LogP contribution in [0.25, 0.3) is 5.52 Å². The molecule has 0 saturated carbocycles. The molecule has 0 aromatic carbocycles. The molecule has 1 saturated heterocycles. The Hall–Kier alpha value is -3.00. The van der Waals surface area contributed by atoms with E-state index in [1.165, 1.54) is 5.56 Å². The summed E-state index contributed by atoms with van der Waals surface area (Å²) in [6.45, 7) is 6.98. The summed E-state index contributed by atoms with van der Waals surface area (Å²) in [7, 11) is 0. The third kappa shape index (κ3) is 3.43. The fourth-order valence-corrected chi connectivity index (χ4v) is 3.45. The van der Waals surface area contributed by atoms with Gasteiger partial charge in [-0.1, -0.05) is 19.9 Å². The molecule has 0 unspecified atom stereocenters. The predicted octanol–water partition coefficient (Wildman–Crippen LogP) is 1.54. The Kier molecular flexibility index (Phi) is 4.72. The second-order valence-corrected chi connectivity index (χ2v) is 7.59. The second-order valence-electron chi connectivity index (χ2n) is 7.59. The van der Waals surface area contributed by atoms with Crippen LogP contribution in [0.1, 0.15) is 41.5 Å². The Morgan fingerprint density at radius 1 is 1.21 bits per heavy atom. The molecular formula is C20H24N6O2. The lowest BCUT2D eigenvalue weighted by atomic mass is 10.1. The zero-order valence-electron chi connectivity index (χ0n) is 16.2. The number of carbonyl (C=O) groups is 1. The van der Waals surface area contributed by atoms with Crippen LogP contribution in [-0.4, -0.2) is 55.8 Å². The van der Waals surface area contributed by atoms with Gasteiger partial charge >= 0.3 is 0 Å². The molecule has 0 aliphatic carbocycles. The number of pyridine rings is 1.